The average Bonchev–Trinajstić information content (AvgIpc) is 2.64. The van der Waals surface area contributed by atoms with E-state index >= 15 is 0 Å². The molecule has 25 heavy (non-hydrogen) atoms. The van der Waals surface area contributed by atoms with Crippen molar-refractivity contribution < 1.29 is 13.2 Å². The smallest absolute Gasteiger partial charge is 0.263 e. The van der Waals surface area contributed by atoms with Crippen molar-refractivity contribution in [2.24, 2.45) is 0 Å². The van der Waals surface area contributed by atoms with E-state index in [9.17, 15) is 8.42 Å². The maximum absolute atomic E-state index is 12.5. The molecular weight excluding hydrogens is 336 g/mol. The number of hydrogen-bond donors (Lipinski definition) is 1. The number of hydrogen-bond acceptors (Lipinski definition) is 4. The molecule has 3 rings (SSSR count). The van der Waals surface area contributed by atoms with E-state index < -0.39 is 10.0 Å². The van der Waals surface area contributed by atoms with Crippen molar-refractivity contribution in [3.8, 4) is 5.75 Å². The van der Waals surface area contributed by atoms with Gasteiger partial charge in [-0.05, 0) is 36.8 Å². The Labute approximate surface area is 147 Å². The number of aromatic nitrogens is 1. The van der Waals surface area contributed by atoms with Gasteiger partial charge < -0.3 is 4.74 Å². The molecule has 0 aliphatic heterocycles. The second-order valence-corrected chi connectivity index (χ2v) is 7.12. The summed E-state index contributed by atoms with van der Waals surface area (Å²) in [6, 6.07) is 21.2. The second kappa shape index (κ2) is 7.36. The van der Waals surface area contributed by atoms with Crippen LogP contribution in [0.4, 0.5) is 5.82 Å². The van der Waals surface area contributed by atoms with Gasteiger partial charge in [-0.2, -0.15) is 0 Å². The zero-order valence-corrected chi connectivity index (χ0v) is 14.5. The molecule has 5 nitrogen and oxygen atoms in total. The van der Waals surface area contributed by atoms with Crippen LogP contribution in [0, 0.1) is 0 Å². The summed E-state index contributed by atoms with van der Waals surface area (Å²) in [6.45, 7) is 1.90. The molecule has 0 spiro atoms. The second-order valence-electron chi connectivity index (χ2n) is 5.44. The lowest BCUT2D eigenvalue weighted by Gasteiger charge is -2.17. The number of anilines is 1. The van der Waals surface area contributed by atoms with Gasteiger partial charge in [-0.15, -0.1) is 0 Å². The normalized spacial score (nSPS) is 12.4. The molecule has 6 heteroatoms. The molecule has 3 aromatic rings. The highest BCUT2D eigenvalue weighted by Gasteiger charge is 2.18. The van der Waals surface area contributed by atoms with Gasteiger partial charge in [0.1, 0.15) is 6.10 Å². The van der Waals surface area contributed by atoms with E-state index in [0.29, 0.717) is 5.75 Å². The molecule has 2 aromatic carbocycles. The number of ether oxygens (including phenoxy) is 1. The van der Waals surface area contributed by atoms with E-state index in [4.69, 9.17) is 4.74 Å². The van der Waals surface area contributed by atoms with Crippen LogP contribution in [0.25, 0.3) is 0 Å². The van der Waals surface area contributed by atoms with E-state index in [1.807, 2.05) is 37.3 Å². The summed E-state index contributed by atoms with van der Waals surface area (Å²) in [5, 5.41) is 0. The van der Waals surface area contributed by atoms with Gasteiger partial charge in [-0.3, -0.25) is 4.72 Å². The summed E-state index contributed by atoms with van der Waals surface area (Å²) in [5.41, 5.74) is 0.989. The quantitative estimate of drug-likeness (QED) is 0.726. The standard InChI is InChI=1S/C19H18N2O3S/c1-15(16-9-4-2-5-10-16)24-18-13-8-14-20-19(18)21-25(22,23)17-11-6-3-7-12-17/h2-15H,1H3,(H,20,21). The first-order chi connectivity index (χ1) is 12.1. The highest BCUT2D eigenvalue weighted by molar-refractivity contribution is 7.92. The van der Waals surface area contributed by atoms with Crippen LogP contribution in [0.3, 0.4) is 0 Å². The Morgan fingerprint density at radius 1 is 0.920 bits per heavy atom. The molecule has 0 saturated carbocycles. The fraction of sp³-hybridized carbons (Fsp3) is 0.105. The summed E-state index contributed by atoms with van der Waals surface area (Å²) in [5.74, 6) is 0.535. The number of rotatable bonds is 6. The van der Waals surface area contributed by atoms with Crippen molar-refractivity contribution in [1.29, 1.82) is 0 Å². The van der Waals surface area contributed by atoms with Crippen molar-refractivity contribution >= 4 is 15.8 Å². The Morgan fingerprint density at radius 3 is 2.24 bits per heavy atom. The van der Waals surface area contributed by atoms with E-state index in [0.717, 1.165) is 5.56 Å². The molecule has 1 aromatic heterocycles. The van der Waals surface area contributed by atoms with Crippen molar-refractivity contribution in [3.05, 3.63) is 84.6 Å². The zero-order chi connectivity index (χ0) is 17.7. The van der Waals surface area contributed by atoms with Crippen LogP contribution >= 0.6 is 0 Å². The Hall–Kier alpha value is -2.86. The van der Waals surface area contributed by atoms with Crippen LogP contribution in [-0.2, 0) is 10.0 Å². The number of nitrogens with one attached hydrogen (secondary N) is 1. The SMILES string of the molecule is CC(Oc1cccnc1NS(=O)(=O)c1ccccc1)c1ccccc1. The van der Waals surface area contributed by atoms with Crippen LogP contribution in [0.15, 0.2) is 83.9 Å². The molecule has 0 saturated heterocycles. The first kappa shape index (κ1) is 17.0. The Morgan fingerprint density at radius 2 is 1.56 bits per heavy atom. The number of pyridine rings is 1. The summed E-state index contributed by atoms with van der Waals surface area (Å²) in [7, 11) is -3.73. The summed E-state index contributed by atoms with van der Waals surface area (Å²) >= 11 is 0. The lowest BCUT2D eigenvalue weighted by Crippen LogP contribution is -2.15. The highest BCUT2D eigenvalue weighted by atomic mass is 32.2. The van der Waals surface area contributed by atoms with E-state index in [2.05, 4.69) is 9.71 Å². The zero-order valence-electron chi connectivity index (χ0n) is 13.7. The van der Waals surface area contributed by atoms with Gasteiger partial charge in [0.05, 0.1) is 4.90 Å². The molecule has 0 fully saturated rings. The molecule has 0 bridgehead atoms. The minimum Gasteiger partial charge on any atom is -0.482 e. The fourth-order valence-electron chi connectivity index (χ4n) is 2.33. The van der Waals surface area contributed by atoms with Crippen molar-refractivity contribution in [3.63, 3.8) is 0 Å². The summed E-state index contributed by atoms with van der Waals surface area (Å²) in [6.07, 6.45) is 1.27. The molecule has 1 N–H and O–H groups in total. The lowest BCUT2D eigenvalue weighted by molar-refractivity contribution is 0.227. The average molecular weight is 354 g/mol. The third kappa shape index (κ3) is 4.16. The molecule has 128 valence electrons. The molecule has 0 aliphatic rings. The number of sulfonamides is 1. The van der Waals surface area contributed by atoms with Crippen LogP contribution in [0.1, 0.15) is 18.6 Å². The Kier molecular flexibility index (Phi) is 5.00. The molecule has 1 unspecified atom stereocenters. The highest BCUT2D eigenvalue weighted by Crippen LogP contribution is 2.28. The third-order valence-corrected chi connectivity index (χ3v) is 4.98. The van der Waals surface area contributed by atoms with Crippen molar-refractivity contribution in [1.82, 2.24) is 4.98 Å². The number of nitrogens with zero attached hydrogens (tertiary/aromatic N) is 1. The van der Waals surface area contributed by atoms with Crippen LogP contribution < -0.4 is 9.46 Å². The van der Waals surface area contributed by atoms with Crippen LogP contribution in [0.5, 0.6) is 5.75 Å². The molecule has 0 amide bonds. The van der Waals surface area contributed by atoms with Gasteiger partial charge in [0.25, 0.3) is 10.0 Å². The molecule has 0 aliphatic carbocycles. The lowest BCUT2D eigenvalue weighted by atomic mass is 10.1. The summed E-state index contributed by atoms with van der Waals surface area (Å²) in [4.78, 5) is 4.29. The molecule has 1 atom stereocenters. The molecule has 0 radical (unpaired) electrons. The first-order valence-electron chi connectivity index (χ1n) is 7.81. The third-order valence-electron chi connectivity index (χ3n) is 3.63. The Bertz CT molecular complexity index is 929. The largest absolute Gasteiger partial charge is 0.482 e. The first-order valence-corrected chi connectivity index (χ1v) is 9.29. The van der Waals surface area contributed by atoms with Crippen LogP contribution in [0.2, 0.25) is 0 Å². The maximum Gasteiger partial charge on any atom is 0.263 e. The predicted molar refractivity (Wildman–Crippen MR) is 97.0 cm³/mol. The monoisotopic (exact) mass is 354 g/mol. The molecule has 1 heterocycles. The molecular formula is C19H18N2O3S. The van der Waals surface area contributed by atoms with E-state index in [-0.39, 0.29) is 16.8 Å². The van der Waals surface area contributed by atoms with Crippen molar-refractivity contribution in [2.45, 2.75) is 17.9 Å². The number of benzene rings is 2. The van der Waals surface area contributed by atoms with Gasteiger partial charge in [0.15, 0.2) is 11.6 Å². The van der Waals surface area contributed by atoms with E-state index in [1.165, 1.54) is 18.3 Å². The van der Waals surface area contributed by atoms with Gasteiger partial charge in [0.2, 0.25) is 0 Å². The minimum absolute atomic E-state index is 0.161. The van der Waals surface area contributed by atoms with Gasteiger partial charge in [-0.25, -0.2) is 13.4 Å². The Balaban J connectivity index is 1.84. The van der Waals surface area contributed by atoms with Gasteiger partial charge in [0, 0.05) is 6.20 Å². The van der Waals surface area contributed by atoms with Gasteiger partial charge in [-0.1, -0.05) is 48.5 Å². The van der Waals surface area contributed by atoms with Crippen LogP contribution in [-0.4, -0.2) is 13.4 Å². The van der Waals surface area contributed by atoms with Gasteiger partial charge >= 0.3 is 0 Å². The van der Waals surface area contributed by atoms with E-state index in [1.54, 1.807) is 30.3 Å². The predicted octanol–water partition coefficient (Wildman–Crippen LogP) is 4.02. The fourth-order valence-corrected chi connectivity index (χ4v) is 3.37. The summed E-state index contributed by atoms with van der Waals surface area (Å²) < 4.78 is 33.4. The minimum atomic E-state index is -3.73. The maximum atomic E-state index is 12.5. The van der Waals surface area contributed by atoms with Crippen molar-refractivity contribution in [2.75, 3.05) is 4.72 Å². The topological polar surface area (TPSA) is 68.3 Å².